The van der Waals surface area contributed by atoms with Crippen LogP contribution in [-0.2, 0) is 4.74 Å². The summed E-state index contributed by atoms with van der Waals surface area (Å²) in [5.74, 6) is 2.32. The third kappa shape index (κ3) is 6.31. The molecule has 4 nitrogen and oxygen atoms in total. The summed E-state index contributed by atoms with van der Waals surface area (Å²) in [6, 6.07) is 16.2. The third-order valence-corrected chi connectivity index (χ3v) is 4.14. The highest BCUT2D eigenvalue weighted by Gasteiger charge is 2.09. The molecule has 4 heteroatoms. The standard InChI is InChI=1S/C21H29NO3/c1-4-17(2)20-10-5-6-11-21(20)25-13-12-22-18-8-7-9-19(16-18)24-15-14-23-3/h5-11,16-17,22H,4,12-15H2,1-3H3/t17-/m0/s1. The lowest BCUT2D eigenvalue weighted by Gasteiger charge is -2.16. The molecule has 25 heavy (non-hydrogen) atoms. The molecule has 0 amide bonds. The van der Waals surface area contributed by atoms with Crippen LogP contribution in [0.3, 0.4) is 0 Å². The van der Waals surface area contributed by atoms with Gasteiger partial charge in [0.2, 0.25) is 0 Å². The lowest BCUT2D eigenvalue weighted by Crippen LogP contribution is -2.12. The van der Waals surface area contributed by atoms with E-state index in [1.165, 1.54) is 5.56 Å². The van der Waals surface area contributed by atoms with Crippen molar-refractivity contribution in [1.82, 2.24) is 0 Å². The first-order valence-electron chi connectivity index (χ1n) is 8.92. The molecule has 0 aromatic heterocycles. The zero-order chi connectivity index (χ0) is 17.9. The first-order chi connectivity index (χ1) is 12.2. The van der Waals surface area contributed by atoms with Gasteiger partial charge in [0, 0.05) is 25.4 Å². The zero-order valence-corrected chi connectivity index (χ0v) is 15.5. The molecular formula is C21H29NO3. The van der Waals surface area contributed by atoms with E-state index < -0.39 is 0 Å². The predicted octanol–water partition coefficient (Wildman–Crippen LogP) is 4.72. The molecule has 2 rings (SSSR count). The van der Waals surface area contributed by atoms with E-state index in [9.17, 15) is 0 Å². The van der Waals surface area contributed by atoms with Crippen molar-refractivity contribution in [3.63, 3.8) is 0 Å². The average molecular weight is 343 g/mol. The van der Waals surface area contributed by atoms with E-state index in [1.54, 1.807) is 7.11 Å². The van der Waals surface area contributed by atoms with Gasteiger partial charge in [-0.25, -0.2) is 0 Å². The molecule has 0 radical (unpaired) electrons. The Hall–Kier alpha value is -2.20. The van der Waals surface area contributed by atoms with Gasteiger partial charge in [-0.3, -0.25) is 0 Å². The second kappa shape index (κ2) is 10.6. The summed E-state index contributed by atoms with van der Waals surface area (Å²) in [6.45, 7) is 6.91. The van der Waals surface area contributed by atoms with Crippen molar-refractivity contribution in [3.8, 4) is 11.5 Å². The SMILES string of the molecule is CC[C@H](C)c1ccccc1OCCNc1cccc(OCCOC)c1. The first kappa shape index (κ1) is 19.1. The van der Waals surface area contributed by atoms with Gasteiger partial charge in [0.15, 0.2) is 0 Å². The van der Waals surface area contributed by atoms with E-state index in [-0.39, 0.29) is 0 Å². The van der Waals surface area contributed by atoms with Gasteiger partial charge in [0.1, 0.15) is 24.7 Å². The van der Waals surface area contributed by atoms with Crippen LogP contribution >= 0.6 is 0 Å². The highest BCUT2D eigenvalue weighted by molar-refractivity contribution is 5.48. The van der Waals surface area contributed by atoms with Gasteiger partial charge in [-0.1, -0.05) is 38.1 Å². The second-order valence-electron chi connectivity index (χ2n) is 5.99. The Balaban J connectivity index is 1.81. The van der Waals surface area contributed by atoms with Crippen LogP contribution in [0, 0.1) is 0 Å². The molecule has 0 aliphatic carbocycles. The average Bonchev–Trinajstić information content (AvgIpc) is 2.65. The molecule has 0 aliphatic heterocycles. The number of anilines is 1. The summed E-state index contributed by atoms with van der Waals surface area (Å²) in [7, 11) is 1.67. The molecule has 0 heterocycles. The number of hydrogen-bond donors (Lipinski definition) is 1. The van der Waals surface area contributed by atoms with Crippen LogP contribution in [0.5, 0.6) is 11.5 Å². The maximum Gasteiger partial charge on any atom is 0.122 e. The minimum Gasteiger partial charge on any atom is -0.491 e. The Kier molecular flexibility index (Phi) is 8.13. The van der Waals surface area contributed by atoms with Crippen LogP contribution in [0.15, 0.2) is 48.5 Å². The molecule has 0 spiro atoms. The van der Waals surface area contributed by atoms with Crippen molar-refractivity contribution in [2.45, 2.75) is 26.2 Å². The molecular weight excluding hydrogens is 314 g/mol. The van der Waals surface area contributed by atoms with Crippen LogP contribution in [0.25, 0.3) is 0 Å². The van der Waals surface area contributed by atoms with Crippen molar-refractivity contribution < 1.29 is 14.2 Å². The Morgan fingerprint density at radius 2 is 1.80 bits per heavy atom. The number of nitrogens with one attached hydrogen (secondary N) is 1. The van der Waals surface area contributed by atoms with Gasteiger partial charge in [-0.05, 0) is 36.1 Å². The van der Waals surface area contributed by atoms with E-state index in [1.807, 2.05) is 36.4 Å². The summed E-state index contributed by atoms with van der Waals surface area (Å²) < 4.78 is 16.6. The van der Waals surface area contributed by atoms with E-state index >= 15 is 0 Å². The van der Waals surface area contributed by atoms with Gasteiger partial charge >= 0.3 is 0 Å². The number of para-hydroxylation sites is 1. The van der Waals surface area contributed by atoms with Crippen molar-refractivity contribution in [2.75, 3.05) is 38.8 Å². The van der Waals surface area contributed by atoms with Crippen molar-refractivity contribution in [1.29, 1.82) is 0 Å². The van der Waals surface area contributed by atoms with Gasteiger partial charge in [-0.15, -0.1) is 0 Å². The summed E-state index contributed by atoms with van der Waals surface area (Å²) >= 11 is 0. The van der Waals surface area contributed by atoms with Crippen molar-refractivity contribution in [2.24, 2.45) is 0 Å². The molecule has 0 fully saturated rings. The fourth-order valence-electron chi connectivity index (χ4n) is 2.53. The molecule has 136 valence electrons. The Bertz CT molecular complexity index is 630. The van der Waals surface area contributed by atoms with Crippen LogP contribution in [0.4, 0.5) is 5.69 Å². The zero-order valence-electron chi connectivity index (χ0n) is 15.5. The second-order valence-corrected chi connectivity index (χ2v) is 5.99. The molecule has 0 saturated carbocycles. The molecule has 0 saturated heterocycles. The fourth-order valence-corrected chi connectivity index (χ4v) is 2.53. The maximum atomic E-state index is 5.98. The van der Waals surface area contributed by atoms with E-state index in [4.69, 9.17) is 14.2 Å². The third-order valence-electron chi connectivity index (χ3n) is 4.14. The fraction of sp³-hybridized carbons (Fsp3) is 0.429. The summed E-state index contributed by atoms with van der Waals surface area (Å²) in [5.41, 5.74) is 2.30. The number of methoxy groups -OCH3 is 1. The first-order valence-corrected chi connectivity index (χ1v) is 8.92. The topological polar surface area (TPSA) is 39.7 Å². The molecule has 0 aliphatic rings. The number of ether oxygens (including phenoxy) is 3. The molecule has 2 aromatic rings. The predicted molar refractivity (Wildman–Crippen MR) is 103 cm³/mol. The summed E-state index contributed by atoms with van der Waals surface area (Å²) in [5, 5.41) is 3.37. The van der Waals surface area contributed by atoms with Crippen molar-refractivity contribution in [3.05, 3.63) is 54.1 Å². The lowest BCUT2D eigenvalue weighted by atomic mass is 9.98. The number of hydrogen-bond acceptors (Lipinski definition) is 4. The number of rotatable bonds is 11. The Morgan fingerprint density at radius 3 is 2.60 bits per heavy atom. The minimum absolute atomic E-state index is 0.505. The normalized spacial score (nSPS) is 11.8. The largest absolute Gasteiger partial charge is 0.491 e. The molecule has 1 N–H and O–H groups in total. The summed E-state index contributed by atoms with van der Waals surface area (Å²) in [4.78, 5) is 0. The molecule has 0 bridgehead atoms. The molecule has 2 aromatic carbocycles. The van der Waals surface area contributed by atoms with Crippen LogP contribution < -0.4 is 14.8 Å². The minimum atomic E-state index is 0.505. The molecule has 0 unspecified atom stereocenters. The van der Waals surface area contributed by atoms with Crippen LogP contribution in [0.2, 0.25) is 0 Å². The highest BCUT2D eigenvalue weighted by atomic mass is 16.5. The van der Waals surface area contributed by atoms with E-state index in [0.717, 1.165) is 30.2 Å². The van der Waals surface area contributed by atoms with Gasteiger partial charge in [0.25, 0.3) is 0 Å². The van der Waals surface area contributed by atoms with Crippen LogP contribution in [0.1, 0.15) is 31.7 Å². The quantitative estimate of drug-likeness (QED) is 0.600. The highest BCUT2D eigenvalue weighted by Crippen LogP contribution is 2.28. The smallest absolute Gasteiger partial charge is 0.122 e. The number of benzene rings is 2. The summed E-state index contributed by atoms with van der Waals surface area (Å²) in [6.07, 6.45) is 1.11. The monoisotopic (exact) mass is 343 g/mol. The Labute approximate surface area is 151 Å². The lowest BCUT2D eigenvalue weighted by molar-refractivity contribution is 0.146. The van der Waals surface area contributed by atoms with Gasteiger partial charge < -0.3 is 19.5 Å². The van der Waals surface area contributed by atoms with Crippen molar-refractivity contribution >= 4 is 5.69 Å². The van der Waals surface area contributed by atoms with Gasteiger partial charge in [0.05, 0.1) is 6.61 Å². The van der Waals surface area contributed by atoms with E-state index in [2.05, 4.69) is 31.3 Å². The van der Waals surface area contributed by atoms with Gasteiger partial charge in [-0.2, -0.15) is 0 Å². The molecule has 1 atom stereocenters. The van der Waals surface area contributed by atoms with Crippen LogP contribution in [-0.4, -0.2) is 33.5 Å². The maximum absolute atomic E-state index is 5.98. The Morgan fingerprint density at radius 1 is 0.960 bits per heavy atom. The van der Waals surface area contributed by atoms with E-state index in [0.29, 0.717) is 25.7 Å².